The number of methoxy groups -OCH3 is 1. The Bertz CT molecular complexity index is 835. The van der Waals surface area contributed by atoms with Crippen LogP contribution in [0.4, 0.5) is 0 Å². The van der Waals surface area contributed by atoms with Gasteiger partial charge in [-0.05, 0) is 25.8 Å². The van der Waals surface area contributed by atoms with Crippen molar-refractivity contribution in [2.24, 2.45) is 22.7 Å². The minimum atomic E-state index is -0.538. The lowest BCUT2D eigenvalue weighted by molar-refractivity contribution is -0.140. The molecule has 0 saturated heterocycles. The van der Waals surface area contributed by atoms with Crippen molar-refractivity contribution in [1.29, 1.82) is 0 Å². The highest BCUT2D eigenvalue weighted by Crippen LogP contribution is 2.21. The van der Waals surface area contributed by atoms with E-state index in [1.54, 1.807) is 18.3 Å². The van der Waals surface area contributed by atoms with Gasteiger partial charge in [0, 0.05) is 34.3 Å². The maximum absolute atomic E-state index is 13.1. The summed E-state index contributed by atoms with van der Waals surface area (Å²) < 4.78 is 22.2. The van der Waals surface area contributed by atoms with Crippen molar-refractivity contribution in [3.05, 3.63) is 0 Å². The van der Waals surface area contributed by atoms with Crippen molar-refractivity contribution in [2.45, 2.75) is 85.9 Å². The van der Waals surface area contributed by atoms with Gasteiger partial charge in [0.2, 0.25) is 17.7 Å². The molecule has 0 bridgehead atoms. The van der Waals surface area contributed by atoms with Gasteiger partial charge in [-0.1, -0.05) is 59.5 Å². The van der Waals surface area contributed by atoms with Crippen molar-refractivity contribution in [3.8, 4) is 0 Å². The fourth-order valence-electron chi connectivity index (χ4n) is 4.58. The predicted molar refractivity (Wildman–Crippen MR) is 186 cm³/mol. The largest absolute Gasteiger partial charge is 0.392 e. The quantitative estimate of drug-likeness (QED) is 0.0572. The van der Waals surface area contributed by atoms with E-state index in [4.69, 9.17) is 29.5 Å². The Balaban J connectivity index is 0. The molecule has 0 radical (unpaired) electrons. The van der Waals surface area contributed by atoms with Crippen LogP contribution in [0.25, 0.3) is 0 Å². The zero-order valence-electron chi connectivity index (χ0n) is 31.3. The monoisotopic (exact) mass is 677 g/mol. The van der Waals surface area contributed by atoms with Crippen molar-refractivity contribution >= 4 is 24.1 Å². The van der Waals surface area contributed by atoms with Gasteiger partial charge < -0.3 is 44.6 Å². The first-order valence-corrected chi connectivity index (χ1v) is 17.0. The second kappa shape index (κ2) is 29.6. The highest BCUT2D eigenvalue weighted by molar-refractivity contribution is 5.87. The predicted octanol–water partition coefficient (Wildman–Crippen LogP) is 2.20. The topological polar surface area (TPSA) is 157 Å². The Morgan fingerprint density at radius 2 is 1.40 bits per heavy atom. The van der Waals surface area contributed by atoms with E-state index < -0.39 is 18.1 Å². The van der Waals surface area contributed by atoms with Crippen LogP contribution >= 0.6 is 0 Å². The van der Waals surface area contributed by atoms with E-state index in [-0.39, 0.29) is 42.7 Å². The molecule has 4 atom stereocenters. The Labute approximate surface area is 284 Å². The first kappa shape index (κ1) is 46.6. The number of hydrogen-bond acceptors (Lipinski definition) is 10. The Kier molecular flexibility index (Phi) is 29.4. The maximum atomic E-state index is 13.1. The minimum Gasteiger partial charge on any atom is -0.392 e. The first-order valence-electron chi connectivity index (χ1n) is 17.0. The summed E-state index contributed by atoms with van der Waals surface area (Å²) in [5.41, 5.74) is 5.41. The van der Waals surface area contributed by atoms with Crippen LogP contribution in [0.5, 0.6) is 0 Å². The molecule has 0 aromatic rings. The summed E-state index contributed by atoms with van der Waals surface area (Å²) in [5.74, 6) is -0.943. The molecule has 0 aromatic carbocycles. The maximum Gasteiger partial charge on any atom is 0.242 e. The molecule has 0 rings (SSSR count). The standard InChI is InChI=1S/C30H60N6O8.C3H8/c1-10-24(5)29(25(40-9)20-26(31)37)36(8)27(38)21-32-30(39)28(23(3)4)35(7)12-13-41-14-15-42-16-17-43-18-19-44-33-22-34(6)11-2;1-3-2/h22-25,28-29H,10-21H2,1-9H3,(H2,31,37)(H,32,39);3H2,1-2H3/b33-22+;. The van der Waals surface area contributed by atoms with E-state index in [2.05, 4.69) is 24.3 Å². The average Bonchev–Trinajstić information content (AvgIpc) is 3.02. The summed E-state index contributed by atoms with van der Waals surface area (Å²) in [6.07, 6.45) is 3.12. The van der Waals surface area contributed by atoms with Gasteiger partial charge in [-0.2, -0.15) is 0 Å². The normalized spacial score (nSPS) is 13.9. The number of nitrogens with one attached hydrogen (secondary N) is 1. The van der Waals surface area contributed by atoms with E-state index >= 15 is 0 Å². The zero-order chi connectivity index (χ0) is 36.2. The van der Waals surface area contributed by atoms with Crippen molar-refractivity contribution < 1.29 is 38.2 Å². The number of oxime groups is 1. The molecule has 0 aliphatic carbocycles. The summed E-state index contributed by atoms with van der Waals surface area (Å²) in [6.45, 7) is 18.4. The smallest absolute Gasteiger partial charge is 0.242 e. The number of amides is 3. The van der Waals surface area contributed by atoms with E-state index in [1.165, 1.54) is 13.5 Å². The third-order valence-corrected chi connectivity index (χ3v) is 7.41. The number of ether oxygens (including phenoxy) is 4. The number of nitrogens with two attached hydrogens (primary N) is 1. The van der Waals surface area contributed by atoms with E-state index in [0.29, 0.717) is 52.8 Å². The molecule has 0 heterocycles. The molecular weight excluding hydrogens is 608 g/mol. The van der Waals surface area contributed by atoms with Crippen LogP contribution < -0.4 is 11.1 Å². The molecule has 0 spiro atoms. The summed E-state index contributed by atoms with van der Waals surface area (Å²) in [5, 5.41) is 6.63. The molecule has 14 heteroatoms. The van der Waals surface area contributed by atoms with Crippen molar-refractivity contribution in [3.63, 3.8) is 0 Å². The Hall–Kier alpha value is -2.52. The molecule has 47 heavy (non-hydrogen) atoms. The summed E-state index contributed by atoms with van der Waals surface area (Å²) >= 11 is 0. The number of likely N-dealkylation sites (N-methyl/N-ethyl adjacent to an activating group) is 2. The minimum absolute atomic E-state index is 0.00216. The van der Waals surface area contributed by atoms with Gasteiger partial charge in [0.25, 0.3) is 0 Å². The third kappa shape index (κ3) is 22.6. The molecule has 14 nitrogen and oxygen atoms in total. The molecule has 278 valence electrons. The summed E-state index contributed by atoms with van der Waals surface area (Å²) in [7, 11) is 6.94. The highest BCUT2D eigenvalue weighted by atomic mass is 16.6. The SMILES string of the molecule is CCC.CCC(C)C(C(CC(N)=O)OC)N(C)C(=O)CNC(=O)C(C(C)C)N(C)CCOCCOCCOCCO/N=C/N(C)CC. The van der Waals surface area contributed by atoms with Gasteiger partial charge in [-0.3, -0.25) is 19.3 Å². The van der Waals surface area contributed by atoms with Crippen LogP contribution in [0.15, 0.2) is 5.16 Å². The van der Waals surface area contributed by atoms with Crippen LogP contribution in [0, 0.1) is 11.8 Å². The number of primary amides is 1. The average molecular weight is 677 g/mol. The first-order chi connectivity index (χ1) is 22.3. The molecule has 0 aliphatic rings. The van der Waals surface area contributed by atoms with Gasteiger partial charge in [0.05, 0.1) is 70.8 Å². The molecule has 4 unspecified atom stereocenters. The zero-order valence-corrected chi connectivity index (χ0v) is 31.3. The van der Waals surface area contributed by atoms with Crippen LogP contribution in [0.2, 0.25) is 0 Å². The molecule has 3 N–H and O–H groups in total. The van der Waals surface area contributed by atoms with Gasteiger partial charge in [0.15, 0.2) is 0 Å². The summed E-state index contributed by atoms with van der Waals surface area (Å²) in [6, 6.07) is -0.809. The fourth-order valence-corrected chi connectivity index (χ4v) is 4.58. The number of carbonyl (C=O) groups excluding carboxylic acids is 3. The lowest BCUT2D eigenvalue weighted by atomic mass is 9.91. The van der Waals surface area contributed by atoms with Crippen LogP contribution in [-0.4, -0.2) is 151 Å². The fraction of sp³-hybridized carbons (Fsp3) is 0.879. The van der Waals surface area contributed by atoms with E-state index in [9.17, 15) is 14.4 Å². The van der Waals surface area contributed by atoms with Gasteiger partial charge in [-0.15, -0.1) is 0 Å². The van der Waals surface area contributed by atoms with E-state index in [0.717, 1.165) is 13.0 Å². The lowest BCUT2D eigenvalue weighted by Crippen LogP contribution is -2.54. The highest BCUT2D eigenvalue weighted by Gasteiger charge is 2.34. The third-order valence-electron chi connectivity index (χ3n) is 7.41. The second-order valence-electron chi connectivity index (χ2n) is 11.9. The van der Waals surface area contributed by atoms with E-state index in [1.807, 2.05) is 58.5 Å². The molecular formula is C33H68N6O8. The summed E-state index contributed by atoms with van der Waals surface area (Å²) in [4.78, 5) is 48.3. The number of nitrogens with zero attached hydrogens (tertiary/aromatic N) is 4. The van der Waals surface area contributed by atoms with Crippen LogP contribution in [0.3, 0.4) is 0 Å². The molecule has 0 saturated carbocycles. The molecule has 3 amide bonds. The van der Waals surface area contributed by atoms with Gasteiger partial charge in [-0.25, -0.2) is 0 Å². The van der Waals surface area contributed by atoms with Gasteiger partial charge in [0.1, 0.15) is 12.9 Å². The van der Waals surface area contributed by atoms with Crippen molar-refractivity contribution in [1.82, 2.24) is 20.0 Å². The number of rotatable bonds is 27. The van der Waals surface area contributed by atoms with Crippen molar-refractivity contribution in [2.75, 3.05) is 94.1 Å². The Morgan fingerprint density at radius 3 is 1.87 bits per heavy atom. The van der Waals surface area contributed by atoms with Crippen LogP contribution in [-0.2, 0) is 38.2 Å². The number of carbonyl (C=O) groups is 3. The van der Waals surface area contributed by atoms with Gasteiger partial charge >= 0.3 is 0 Å². The number of hydrogen-bond donors (Lipinski definition) is 2. The molecule has 0 fully saturated rings. The molecule has 0 aliphatic heterocycles. The Morgan fingerprint density at radius 1 is 0.872 bits per heavy atom. The second-order valence-corrected chi connectivity index (χ2v) is 11.9. The lowest BCUT2D eigenvalue weighted by Gasteiger charge is -2.37. The molecule has 0 aromatic heterocycles. The van der Waals surface area contributed by atoms with Crippen LogP contribution in [0.1, 0.15) is 67.7 Å².